The summed E-state index contributed by atoms with van der Waals surface area (Å²) in [6.45, 7) is 8.37. The molecule has 0 aromatic heterocycles. The highest BCUT2D eigenvalue weighted by atomic mass is 16.5. The van der Waals surface area contributed by atoms with Gasteiger partial charge in [0.15, 0.2) is 0 Å². The molecule has 0 bridgehead atoms. The smallest absolute Gasteiger partial charge is 0.220 e. The zero-order valence-electron chi connectivity index (χ0n) is 10.6. The monoisotopic (exact) mass is 228 g/mol. The average molecular weight is 228 g/mol. The van der Waals surface area contributed by atoms with Crippen LogP contribution in [0.2, 0.25) is 0 Å². The second kappa shape index (κ2) is 6.21. The van der Waals surface area contributed by atoms with Gasteiger partial charge < -0.3 is 15.4 Å². The van der Waals surface area contributed by atoms with Gasteiger partial charge in [-0.2, -0.15) is 0 Å². The molecule has 1 fully saturated rings. The van der Waals surface area contributed by atoms with E-state index in [9.17, 15) is 4.79 Å². The molecule has 1 rings (SSSR count). The highest BCUT2D eigenvalue weighted by molar-refractivity contribution is 5.75. The molecule has 1 aliphatic rings. The molecular formula is C12H24N2O2. The standard InChI is InChI=1S/C12H24N2O2/c1-4-5-6-11(15)13-7-12(8-16-9-12)14-10(2)3/h10,14H,4-9H2,1-3H3,(H,13,15). The summed E-state index contributed by atoms with van der Waals surface area (Å²) in [7, 11) is 0. The maximum atomic E-state index is 11.5. The summed E-state index contributed by atoms with van der Waals surface area (Å²) < 4.78 is 5.24. The Balaban J connectivity index is 2.26. The van der Waals surface area contributed by atoms with Crippen LogP contribution in [-0.2, 0) is 9.53 Å². The van der Waals surface area contributed by atoms with Crippen molar-refractivity contribution in [2.24, 2.45) is 0 Å². The maximum absolute atomic E-state index is 11.5. The zero-order chi connectivity index (χ0) is 12.0. The molecule has 0 unspecified atom stereocenters. The lowest BCUT2D eigenvalue weighted by atomic mass is 9.96. The number of hydrogen-bond acceptors (Lipinski definition) is 3. The summed E-state index contributed by atoms with van der Waals surface area (Å²) in [5.74, 6) is 0.152. The Kier molecular flexibility index (Phi) is 5.22. The minimum atomic E-state index is -0.0317. The van der Waals surface area contributed by atoms with Crippen molar-refractivity contribution in [3.05, 3.63) is 0 Å². The fourth-order valence-corrected chi connectivity index (χ4v) is 1.89. The predicted octanol–water partition coefficient (Wildman–Crippen LogP) is 1.06. The Bertz CT molecular complexity index is 225. The van der Waals surface area contributed by atoms with Crippen LogP contribution >= 0.6 is 0 Å². The number of ether oxygens (including phenoxy) is 1. The van der Waals surface area contributed by atoms with Crippen molar-refractivity contribution in [3.8, 4) is 0 Å². The van der Waals surface area contributed by atoms with E-state index in [2.05, 4.69) is 31.4 Å². The van der Waals surface area contributed by atoms with E-state index < -0.39 is 0 Å². The Morgan fingerprint density at radius 1 is 1.44 bits per heavy atom. The van der Waals surface area contributed by atoms with Gasteiger partial charge in [-0.1, -0.05) is 27.2 Å². The van der Waals surface area contributed by atoms with Crippen molar-refractivity contribution >= 4 is 5.91 Å². The normalized spacial score (nSPS) is 18.2. The molecule has 0 aromatic carbocycles. The summed E-state index contributed by atoms with van der Waals surface area (Å²) in [6.07, 6.45) is 2.66. The number of hydrogen-bond donors (Lipinski definition) is 2. The van der Waals surface area contributed by atoms with Gasteiger partial charge in [-0.25, -0.2) is 0 Å². The molecule has 1 heterocycles. The number of unbranched alkanes of at least 4 members (excludes halogenated alkanes) is 1. The lowest BCUT2D eigenvalue weighted by Gasteiger charge is -2.43. The number of carbonyl (C=O) groups excluding carboxylic acids is 1. The van der Waals surface area contributed by atoms with Crippen LogP contribution in [0.15, 0.2) is 0 Å². The fraction of sp³-hybridized carbons (Fsp3) is 0.917. The third kappa shape index (κ3) is 4.10. The first-order valence-electron chi connectivity index (χ1n) is 6.20. The van der Waals surface area contributed by atoms with Crippen LogP contribution in [0, 0.1) is 0 Å². The van der Waals surface area contributed by atoms with Gasteiger partial charge in [-0.05, 0) is 6.42 Å². The van der Waals surface area contributed by atoms with Crippen LogP contribution in [0.25, 0.3) is 0 Å². The molecule has 4 nitrogen and oxygen atoms in total. The van der Waals surface area contributed by atoms with Crippen molar-refractivity contribution < 1.29 is 9.53 Å². The molecule has 1 amide bonds. The molecule has 0 spiro atoms. The zero-order valence-corrected chi connectivity index (χ0v) is 10.6. The van der Waals surface area contributed by atoms with Gasteiger partial charge in [0.1, 0.15) is 0 Å². The molecule has 4 heteroatoms. The Morgan fingerprint density at radius 2 is 2.12 bits per heavy atom. The van der Waals surface area contributed by atoms with E-state index in [0.717, 1.165) is 12.8 Å². The van der Waals surface area contributed by atoms with Gasteiger partial charge in [0.05, 0.1) is 18.8 Å². The van der Waals surface area contributed by atoms with Crippen LogP contribution in [0.1, 0.15) is 40.0 Å². The van der Waals surface area contributed by atoms with E-state index in [1.54, 1.807) is 0 Å². The summed E-state index contributed by atoms with van der Waals surface area (Å²) >= 11 is 0. The maximum Gasteiger partial charge on any atom is 0.220 e. The number of rotatable bonds is 7. The fourth-order valence-electron chi connectivity index (χ4n) is 1.89. The van der Waals surface area contributed by atoms with Gasteiger partial charge in [0.2, 0.25) is 5.91 Å². The predicted molar refractivity (Wildman–Crippen MR) is 64.4 cm³/mol. The van der Waals surface area contributed by atoms with Gasteiger partial charge in [0, 0.05) is 19.0 Å². The highest BCUT2D eigenvalue weighted by Crippen LogP contribution is 2.16. The third-order valence-electron chi connectivity index (χ3n) is 2.73. The lowest BCUT2D eigenvalue weighted by Crippen LogP contribution is -2.67. The molecule has 0 aromatic rings. The number of carbonyl (C=O) groups is 1. The number of amides is 1. The topological polar surface area (TPSA) is 50.4 Å². The van der Waals surface area contributed by atoms with Crippen LogP contribution in [0.5, 0.6) is 0 Å². The van der Waals surface area contributed by atoms with E-state index in [4.69, 9.17) is 4.74 Å². The highest BCUT2D eigenvalue weighted by Gasteiger charge is 2.38. The van der Waals surface area contributed by atoms with Crippen molar-refractivity contribution in [1.29, 1.82) is 0 Å². The van der Waals surface area contributed by atoms with Crippen molar-refractivity contribution in [1.82, 2.24) is 10.6 Å². The van der Waals surface area contributed by atoms with E-state index in [1.165, 1.54) is 0 Å². The average Bonchev–Trinajstić information content (AvgIpc) is 2.18. The van der Waals surface area contributed by atoms with E-state index >= 15 is 0 Å². The van der Waals surface area contributed by atoms with Crippen molar-refractivity contribution in [3.63, 3.8) is 0 Å². The molecule has 2 N–H and O–H groups in total. The van der Waals surface area contributed by atoms with Crippen molar-refractivity contribution in [2.75, 3.05) is 19.8 Å². The van der Waals surface area contributed by atoms with Crippen LogP contribution in [0.4, 0.5) is 0 Å². The summed E-state index contributed by atoms with van der Waals surface area (Å²) in [5.41, 5.74) is -0.0317. The minimum Gasteiger partial charge on any atom is -0.377 e. The van der Waals surface area contributed by atoms with Crippen molar-refractivity contribution in [2.45, 2.75) is 51.6 Å². The van der Waals surface area contributed by atoms with Crippen LogP contribution in [0.3, 0.4) is 0 Å². The summed E-state index contributed by atoms with van der Waals surface area (Å²) in [5, 5.41) is 6.45. The summed E-state index contributed by atoms with van der Waals surface area (Å²) in [6, 6.07) is 0.413. The number of nitrogens with one attached hydrogen (secondary N) is 2. The first-order valence-corrected chi connectivity index (χ1v) is 6.20. The molecule has 1 saturated heterocycles. The minimum absolute atomic E-state index is 0.0317. The molecule has 0 aliphatic carbocycles. The third-order valence-corrected chi connectivity index (χ3v) is 2.73. The second-order valence-corrected chi connectivity index (χ2v) is 4.95. The molecule has 16 heavy (non-hydrogen) atoms. The molecule has 0 atom stereocenters. The van der Waals surface area contributed by atoms with Gasteiger partial charge in [-0.15, -0.1) is 0 Å². The van der Waals surface area contributed by atoms with Gasteiger partial charge in [0.25, 0.3) is 0 Å². The summed E-state index contributed by atoms with van der Waals surface area (Å²) in [4.78, 5) is 11.5. The lowest BCUT2D eigenvalue weighted by molar-refractivity contribution is -0.124. The molecule has 94 valence electrons. The molecule has 1 aliphatic heterocycles. The Morgan fingerprint density at radius 3 is 2.56 bits per heavy atom. The SMILES string of the molecule is CCCCC(=O)NCC1(NC(C)C)COC1. The van der Waals surface area contributed by atoms with Crippen LogP contribution < -0.4 is 10.6 Å². The Labute approximate surface area is 98.1 Å². The quantitative estimate of drug-likeness (QED) is 0.685. The van der Waals surface area contributed by atoms with Gasteiger partial charge in [-0.3, -0.25) is 4.79 Å². The second-order valence-electron chi connectivity index (χ2n) is 4.95. The van der Waals surface area contributed by atoms with E-state index in [0.29, 0.717) is 32.2 Å². The largest absolute Gasteiger partial charge is 0.377 e. The first-order chi connectivity index (χ1) is 7.58. The first kappa shape index (κ1) is 13.5. The molecule has 0 saturated carbocycles. The van der Waals surface area contributed by atoms with Gasteiger partial charge >= 0.3 is 0 Å². The Hall–Kier alpha value is -0.610. The van der Waals surface area contributed by atoms with E-state index in [1.807, 2.05) is 0 Å². The molecule has 0 radical (unpaired) electrons. The molecular weight excluding hydrogens is 204 g/mol. The van der Waals surface area contributed by atoms with Crippen LogP contribution in [-0.4, -0.2) is 37.2 Å². The van der Waals surface area contributed by atoms with E-state index in [-0.39, 0.29) is 11.4 Å².